The molecule has 3 aromatic rings. The van der Waals surface area contributed by atoms with Crippen LogP contribution in [-0.4, -0.2) is 73.6 Å². The minimum Gasteiger partial charge on any atom is -0.480 e. The number of carbonyl (C=O) groups is 2. The highest BCUT2D eigenvalue weighted by Crippen LogP contribution is 2.60. The molecule has 0 radical (unpaired) electrons. The summed E-state index contributed by atoms with van der Waals surface area (Å²) in [6.07, 6.45) is 0.0761. The Balaban J connectivity index is 1.38. The van der Waals surface area contributed by atoms with E-state index in [1.807, 2.05) is 18.2 Å². The van der Waals surface area contributed by atoms with Gasteiger partial charge in [0, 0.05) is 34.2 Å². The van der Waals surface area contributed by atoms with Crippen LogP contribution < -0.4 is 4.72 Å². The highest BCUT2D eigenvalue weighted by Gasteiger charge is 2.74. The Hall–Kier alpha value is -2.41. The lowest BCUT2D eigenvalue weighted by Crippen LogP contribution is -2.49. The maximum Gasteiger partial charge on any atom is 0.325 e. The highest BCUT2D eigenvalue weighted by atomic mass is 35.5. The summed E-state index contributed by atoms with van der Waals surface area (Å²) in [6, 6.07) is 19.3. The van der Waals surface area contributed by atoms with E-state index in [0.29, 0.717) is 31.3 Å². The van der Waals surface area contributed by atoms with Gasteiger partial charge in [-0.25, -0.2) is 8.42 Å². The summed E-state index contributed by atoms with van der Waals surface area (Å²) < 4.78 is 35.0. The molecule has 1 saturated heterocycles. The van der Waals surface area contributed by atoms with Crippen molar-refractivity contribution in [3.63, 3.8) is 0 Å². The Morgan fingerprint density at radius 2 is 1.74 bits per heavy atom. The summed E-state index contributed by atoms with van der Waals surface area (Å²) >= 11 is 8.36. The minimum atomic E-state index is -4.17. The van der Waals surface area contributed by atoms with E-state index in [0.717, 1.165) is 27.3 Å². The molecule has 2 aliphatic rings. The first kappa shape index (κ1) is 28.1. The van der Waals surface area contributed by atoms with Crippen molar-refractivity contribution in [3.05, 3.63) is 77.3 Å². The second kappa shape index (κ2) is 11.2. The maximum atomic E-state index is 13.5. The zero-order chi connectivity index (χ0) is 27.7. The maximum absolute atomic E-state index is 13.5. The molecule has 12 heteroatoms. The molecule has 1 aliphatic heterocycles. The van der Waals surface area contributed by atoms with Crippen molar-refractivity contribution in [2.45, 2.75) is 21.6 Å². The van der Waals surface area contributed by atoms with Crippen molar-refractivity contribution in [1.82, 2.24) is 9.62 Å². The molecule has 2 N–H and O–H groups in total. The molecule has 5 rings (SSSR count). The number of morpholine rings is 1. The molecular weight excluding hydrogens is 580 g/mol. The van der Waals surface area contributed by atoms with Crippen LogP contribution in [0.3, 0.4) is 0 Å². The van der Waals surface area contributed by atoms with Crippen LogP contribution in [0.15, 0.2) is 70.9 Å². The van der Waals surface area contributed by atoms with Crippen LogP contribution >= 0.6 is 34.7 Å². The number of hydrogen-bond acceptors (Lipinski definition) is 7. The van der Waals surface area contributed by atoms with E-state index in [-0.39, 0.29) is 28.0 Å². The monoisotopic (exact) mass is 606 g/mol. The Morgan fingerprint density at radius 1 is 1.05 bits per heavy atom. The Morgan fingerprint density at radius 3 is 2.41 bits per heavy atom. The van der Waals surface area contributed by atoms with E-state index < -0.39 is 26.9 Å². The minimum absolute atomic E-state index is 0.0251. The fourth-order valence-corrected chi connectivity index (χ4v) is 9.15. The van der Waals surface area contributed by atoms with Gasteiger partial charge < -0.3 is 14.7 Å². The number of carbonyl (C=O) groups excluding carboxylic acids is 1. The van der Waals surface area contributed by atoms with Crippen LogP contribution in [0.4, 0.5) is 0 Å². The van der Waals surface area contributed by atoms with E-state index >= 15 is 0 Å². The van der Waals surface area contributed by atoms with Crippen LogP contribution in [0, 0.1) is 0 Å². The number of ether oxygens (including phenoxy) is 1. The Kier molecular flexibility index (Phi) is 8.10. The van der Waals surface area contributed by atoms with Gasteiger partial charge in [0.05, 0.1) is 19.0 Å². The molecule has 1 aliphatic carbocycles. The van der Waals surface area contributed by atoms with Crippen LogP contribution in [-0.2, 0) is 29.8 Å². The van der Waals surface area contributed by atoms with Gasteiger partial charge in [0.15, 0.2) is 0 Å². The largest absolute Gasteiger partial charge is 0.480 e. The molecule has 0 spiro atoms. The predicted octanol–water partition coefficient (Wildman–Crippen LogP) is 4.10. The number of thioether (sulfide) groups is 1. The van der Waals surface area contributed by atoms with Crippen molar-refractivity contribution >= 4 is 56.6 Å². The third-order valence-electron chi connectivity index (χ3n) is 7.17. The SMILES string of the molecule is O=C(CSC[C@@]1(c2ccccc2)C[C@]1(NS(=O)(=O)c1ccc(-c2ccc(Cl)cc2)s1)C(=O)O)N1CCOCC1. The summed E-state index contributed by atoms with van der Waals surface area (Å²) in [5.74, 6) is -0.846. The number of thiophene rings is 1. The van der Waals surface area contributed by atoms with Gasteiger partial charge in [-0.15, -0.1) is 11.3 Å². The molecule has 2 fully saturated rings. The summed E-state index contributed by atoms with van der Waals surface area (Å²) in [7, 11) is -4.17. The van der Waals surface area contributed by atoms with Crippen LogP contribution in [0.2, 0.25) is 5.02 Å². The number of amides is 1. The first-order chi connectivity index (χ1) is 18.7. The molecule has 2 aromatic carbocycles. The number of halogens is 1. The smallest absolute Gasteiger partial charge is 0.325 e. The van der Waals surface area contributed by atoms with Gasteiger partial charge in [0.1, 0.15) is 9.75 Å². The molecule has 1 saturated carbocycles. The van der Waals surface area contributed by atoms with E-state index in [9.17, 15) is 23.1 Å². The van der Waals surface area contributed by atoms with Gasteiger partial charge in [0.2, 0.25) is 5.91 Å². The average Bonchev–Trinajstić information content (AvgIpc) is 3.30. The molecule has 1 amide bonds. The van der Waals surface area contributed by atoms with E-state index in [1.165, 1.54) is 17.8 Å². The number of carboxylic acid groups (broad SMARTS) is 1. The van der Waals surface area contributed by atoms with Crippen LogP contribution in [0.1, 0.15) is 12.0 Å². The van der Waals surface area contributed by atoms with E-state index in [1.54, 1.807) is 47.4 Å². The van der Waals surface area contributed by atoms with Gasteiger partial charge in [-0.1, -0.05) is 54.1 Å². The Bertz CT molecular complexity index is 1460. The molecule has 39 heavy (non-hydrogen) atoms. The lowest BCUT2D eigenvalue weighted by atomic mass is 9.92. The first-order valence-electron chi connectivity index (χ1n) is 12.3. The third-order valence-corrected chi connectivity index (χ3v) is 11.7. The Labute approximate surface area is 240 Å². The second-order valence-corrected chi connectivity index (χ2v) is 14.0. The quantitative estimate of drug-likeness (QED) is 0.357. The van der Waals surface area contributed by atoms with Crippen molar-refractivity contribution in [3.8, 4) is 10.4 Å². The van der Waals surface area contributed by atoms with E-state index in [2.05, 4.69) is 4.72 Å². The normalized spacial score (nSPS) is 22.9. The summed E-state index contributed by atoms with van der Waals surface area (Å²) in [6.45, 7) is 2.05. The molecular formula is C27H27ClN2O6S3. The van der Waals surface area contributed by atoms with Gasteiger partial charge >= 0.3 is 5.97 Å². The number of sulfonamides is 1. The van der Waals surface area contributed by atoms with Gasteiger partial charge in [-0.2, -0.15) is 16.5 Å². The second-order valence-electron chi connectivity index (χ2n) is 9.55. The van der Waals surface area contributed by atoms with E-state index in [4.69, 9.17) is 16.3 Å². The van der Waals surface area contributed by atoms with Crippen molar-refractivity contribution < 1.29 is 27.9 Å². The summed E-state index contributed by atoms with van der Waals surface area (Å²) in [5, 5.41) is 11.0. The number of aliphatic carboxylic acids is 1. The highest BCUT2D eigenvalue weighted by molar-refractivity contribution is 8.00. The third kappa shape index (κ3) is 5.61. The molecule has 2 atom stereocenters. The summed E-state index contributed by atoms with van der Waals surface area (Å²) in [4.78, 5) is 27.9. The molecule has 2 heterocycles. The predicted molar refractivity (Wildman–Crippen MR) is 153 cm³/mol. The number of nitrogens with one attached hydrogen (secondary N) is 1. The first-order valence-corrected chi connectivity index (χ1v) is 16.1. The number of benzene rings is 2. The molecule has 8 nitrogen and oxygen atoms in total. The zero-order valence-corrected chi connectivity index (χ0v) is 24.0. The number of hydrogen-bond donors (Lipinski definition) is 2. The average molecular weight is 607 g/mol. The molecule has 1 aromatic heterocycles. The number of nitrogens with zero attached hydrogens (tertiary/aromatic N) is 1. The molecule has 206 valence electrons. The van der Waals surface area contributed by atoms with Crippen molar-refractivity contribution in [2.24, 2.45) is 0 Å². The van der Waals surface area contributed by atoms with Gasteiger partial charge in [0.25, 0.3) is 10.0 Å². The van der Waals surface area contributed by atoms with Crippen LogP contribution in [0.5, 0.6) is 0 Å². The van der Waals surface area contributed by atoms with Gasteiger partial charge in [-0.3, -0.25) is 9.59 Å². The topological polar surface area (TPSA) is 113 Å². The van der Waals surface area contributed by atoms with Crippen molar-refractivity contribution in [2.75, 3.05) is 37.8 Å². The molecule has 0 bridgehead atoms. The number of carboxylic acids is 1. The molecule has 0 unspecified atom stereocenters. The van der Waals surface area contributed by atoms with Crippen molar-refractivity contribution in [1.29, 1.82) is 0 Å². The van der Waals surface area contributed by atoms with Gasteiger partial charge in [-0.05, 0) is 41.8 Å². The summed E-state index contributed by atoms with van der Waals surface area (Å²) in [5.41, 5.74) is -1.23. The zero-order valence-electron chi connectivity index (χ0n) is 20.8. The fraction of sp³-hybridized carbons (Fsp3) is 0.333. The van der Waals surface area contributed by atoms with Crippen LogP contribution in [0.25, 0.3) is 10.4 Å². The standard InChI is InChI=1S/C27H27ClN2O6S3/c28-21-8-6-19(7-9-21)22-10-11-24(38-22)39(34,35)29-27(25(32)33)17-26(27,20-4-2-1-3-5-20)18-37-16-23(31)30-12-14-36-15-13-30/h1-11,29H,12-18H2,(H,32,33)/t26-,27+/m1/s1. The fourth-order valence-electron chi connectivity index (χ4n) is 4.96. The lowest BCUT2D eigenvalue weighted by Gasteiger charge is -2.27. The number of rotatable bonds is 10. The lowest BCUT2D eigenvalue weighted by molar-refractivity contribution is -0.140.